The molecule has 0 aromatic carbocycles. The van der Waals surface area contributed by atoms with Crippen LogP contribution in [-0.4, -0.2) is 58.5 Å². The number of hydrogen-bond acceptors (Lipinski definition) is 5. The minimum Gasteiger partial charge on any atom is -0.462 e. The van der Waals surface area contributed by atoms with Crippen molar-refractivity contribution in [1.29, 1.82) is 0 Å². The lowest BCUT2D eigenvalue weighted by atomic mass is 9.85. The molecule has 0 unspecified atom stereocenters. The molecule has 0 bridgehead atoms. The van der Waals surface area contributed by atoms with Crippen LogP contribution in [-0.2, 0) is 9.53 Å². The van der Waals surface area contributed by atoms with Gasteiger partial charge in [-0.15, -0.1) is 0 Å². The fraction of sp³-hybridized carbons (Fsp3) is 0.750. The first-order valence-electron chi connectivity index (χ1n) is 10.6. The summed E-state index contributed by atoms with van der Waals surface area (Å²) in [5, 5.41) is 6.97. The number of hydrogen-bond donors (Lipinski definition) is 1. The zero-order chi connectivity index (χ0) is 21.6. The van der Waals surface area contributed by atoms with Crippen molar-refractivity contribution in [2.75, 3.05) is 25.0 Å². The normalized spacial score (nSPS) is 31.0. The van der Waals surface area contributed by atoms with E-state index >= 15 is 0 Å². The molecule has 1 N–H and O–H groups in total. The van der Waals surface area contributed by atoms with Crippen LogP contribution >= 0.6 is 0 Å². The lowest BCUT2D eigenvalue weighted by molar-refractivity contribution is -0.175. The number of rotatable bonds is 4. The SMILES string of the molecule is CCOC(=O)c1cnn2c1N[C@H]([C@H]1CCCN(C(=O)[C@H]3C[C@@H]3C)C1)C[C@@H]2C(F)(F)F. The Morgan fingerprint density at radius 1 is 1.33 bits per heavy atom. The summed E-state index contributed by atoms with van der Waals surface area (Å²) >= 11 is 0. The highest BCUT2D eigenvalue weighted by atomic mass is 19.4. The minimum absolute atomic E-state index is 0.00588. The van der Waals surface area contributed by atoms with Gasteiger partial charge in [0.1, 0.15) is 11.4 Å². The lowest BCUT2D eigenvalue weighted by Crippen LogP contribution is -2.49. The van der Waals surface area contributed by atoms with Gasteiger partial charge in [0, 0.05) is 25.0 Å². The van der Waals surface area contributed by atoms with Gasteiger partial charge < -0.3 is 15.0 Å². The molecule has 3 heterocycles. The van der Waals surface area contributed by atoms with Gasteiger partial charge in [-0.3, -0.25) is 4.79 Å². The van der Waals surface area contributed by atoms with Crippen LogP contribution in [0.1, 0.15) is 55.9 Å². The first-order chi connectivity index (χ1) is 14.2. The van der Waals surface area contributed by atoms with Crippen LogP contribution in [0.4, 0.5) is 19.0 Å². The van der Waals surface area contributed by atoms with Gasteiger partial charge in [0.25, 0.3) is 0 Å². The summed E-state index contributed by atoms with van der Waals surface area (Å²) < 4.78 is 47.3. The second kappa shape index (κ2) is 7.77. The van der Waals surface area contributed by atoms with Gasteiger partial charge in [0.05, 0.1) is 12.8 Å². The molecule has 3 aliphatic rings. The number of ether oxygens (including phenoxy) is 1. The van der Waals surface area contributed by atoms with Crippen molar-refractivity contribution >= 4 is 17.7 Å². The molecule has 1 aromatic heterocycles. The van der Waals surface area contributed by atoms with E-state index in [1.165, 1.54) is 0 Å². The monoisotopic (exact) mass is 428 g/mol. The zero-order valence-electron chi connectivity index (χ0n) is 17.1. The van der Waals surface area contributed by atoms with Crippen LogP contribution < -0.4 is 5.32 Å². The maximum atomic E-state index is 13.8. The van der Waals surface area contributed by atoms with E-state index in [2.05, 4.69) is 10.4 Å². The van der Waals surface area contributed by atoms with E-state index in [1.807, 2.05) is 11.8 Å². The van der Waals surface area contributed by atoms with Gasteiger partial charge in [-0.2, -0.15) is 18.3 Å². The quantitative estimate of drug-likeness (QED) is 0.745. The number of alkyl halides is 3. The predicted molar refractivity (Wildman–Crippen MR) is 102 cm³/mol. The fourth-order valence-corrected chi connectivity index (χ4v) is 4.70. The number of piperidine rings is 1. The van der Waals surface area contributed by atoms with E-state index in [9.17, 15) is 22.8 Å². The third-order valence-corrected chi connectivity index (χ3v) is 6.53. The van der Waals surface area contributed by atoms with Gasteiger partial charge in [0.15, 0.2) is 6.04 Å². The Hall–Kier alpha value is -2.26. The number of carbonyl (C=O) groups excluding carboxylic acids is 2. The number of amides is 1. The lowest BCUT2D eigenvalue weighted by Gasteiger charge is -2.41. The van der Waals surface area contributed by atoms with Crippen LogP contribution in [0.25, 0.3) is 0 Å². The molecule has 10 heteroatoms. The molecule has 1 aromatic rings. The van der Waals surface area contributed by atoms with Crippen LogP contribution in [0, 0.1) is 17.8 Å². The third-order valence-electron chi connectivity index (χ3n) is 6.53. The summed E-state index contributed by atoms with van der Waals surface area (Å²) in [5.74, 6) is -0.208. The molecule has 0 spiro atoms. The first kappa shape index (κ1) is 21.0. The van der Waals surface area contributed by atoms with Crippen molar-refractivity contribution in [1.82, 2.24) is 14.7 Å². The van der Waals surface area contributed by atoms with Crippen molar-refractivity contribution in [2.45, 2.75) is 57.8 Å². The summed E-state index contributed by atoms with van der Waals surface area (Å²) in [6, 6.07) is -2.34. The molecule has 0 radical (unpaired) electrons. The molecule has 30 heavy (non-hydrogen) atoms. The largest absolute Gasteiger partial charge is 0.462 e. The number of nitrogens with one attached hydrogen (secondary N) is 1. The number of carbonyl (C=O) groups is 2. The number of halogens is 3. The highest BCUT2D eigenvalue weighted by Gasteiger charge is 2.49. The van der Waals surface area contributed by atoms with Crippen LogP contribution in [0.2, 0.25) is 0 Å². The van der Waals surface area contributed by atoms with Gasteiger partial charge in [-0.05, 0) is 44.4 Å². The molecule has 5 atom stereocenters. The molecule has 2 fully saturated rings. The Morgan fingerprint density at radius 3 is 2.70 bits per heavy atom. The minimum atomic E-state index is -4.50. The Labute approximate surface area is 172 Å². The van der Waals surface area contributed by atoms with E-state index in [0.717, 1.165) is 30.1 Å². The molecule has 7 nitrogen and oxygen atoms in total. The second-order valence-electron chi connectivity index (χ2n) is 8.62. The number of likely N-dealkylation sites (tertiary alicyclic amines) is 1. The van der Waals surface area contributed by atoms with E-state index < -0.39 is 24.2 Å². The predicted octanol–water partition coefficient (Wildman–Crippen LogP) is 3.24. The molecule has 1 aliphatic carbocycles. The molecule has 4 rings (SSSR count). The average molecular weight is 428 g/mol. The van der Waals surface area contributed by atoms with Crippen molar-refractivity contribution in [3.05, 3.63) is 11.8 Å². The molecular formula is C20H27F3N4O3. The van der Waals surface area contributed by atoms with Gasteiger partial charge >= 0.3 is 12.1 Å². The molecular weight excluding hydrogens is 401 g/mol. The maximum Gasteiger partial charge on any atom is 0.410 e. The summed E-state index contributed by atoms with van der Waals surface area (Å²) in [5.41, 5.74) is 0.00588. The van der Waals surface area contributed by atoms with E-state index in [1.54, 1.807) is 6.92 Å². The molecule has 1 amide bonds. The summed E-state index contributed by atoms with van der Waals surface area (Å²) in [6.45, 7) is 4.89. The maximum absolute atomic E-state index is 13.8. The smallest absolute Gasteiger partial charge is 0.410 e. The van der Waals surface area contributed by atoms with Crippen molar-refractivity contribution in [2.24, 2.45) is 17.8 Å². The zero-order valence-corrected chi connectivity index (χ0v) is 17.1. The fourth-order valence-electron chi connectivity index (χ4n) is 4.70. The van der Waals surface area contributed by atoms with Crippen LogP contribution in [0.15, 0.2) is 6.20 Å². The molecule has 1 saturated heterocycles. The van der Waals surface area contributed by atoms with Gasteiger partial charge in [-0.25, -0.2) is 9.48 Å². The van der Waals surface area contributed by atoms with Gasteiger partial charge in [-0.1, -0.05) is 6.92 Å². The number of aromatic nitrogens is 2. The van der Waals surface area contributed by atoms with E-state index in [4.69, 9.17) is 4.74 Å². The molecule has 166 valence electrons. The highest BCUT2D eigenvalue weighted by Crippen LogP contribution is 2.44. The Morgan fingerprint density at radius 2 is 2.07 bits per heavy atom. The highest BCUT2D eigenvalue weighted by molar-refractivity contribution is 5.94. The summed E-state index contributed by atoms with van der Waals surface area (Å²) in [4.78, 5) is 26.7. The molecule has 1 saturated carbocycles. The van der Waals surface area contributed by atoms with Crippen LogP contribution in [0.3, 0.4) is 0 Å². The molecule has 2 aliphatic heterocycles. The topological polar surface area (TPSA) is 76.5 Å². The van der Waals surface area contributed by atoms with Crippen LogP contribution in [0.5, 0.6) is 0 Å². The number of fused-ring (bicyclic) bond motifs is 1. The van der Waals surface area contributed by atoms with E-state index in [0.29, 0.717) is 19.0 Å². The Bertz CT molecular complexity index is 825. The number of anilines is 1. The van der Waals surface area contributed by atoms with Crippen molar-refractivity contribution in [3.8, 4) is 0 Å². The van der Waals surface area contributed by atoms with Gasteiger partial charge in [0.2, 0.25) is 5.91 Å². The average Bonchev–Trinajstić information content (AvgIpc) is 3.28. The summed E-state index contributed by atoms with van der Waals surface area (Å²) in [7, 11) is 0. The summed E-state index contributed by atoms with van der Waals surface area (Å²) in [6.07, 6.45) is -1.17. The van der Waals surface area contributed by atoms with E-state index in [-0.39, 0.29) is 42.2 Å². The number of nitrogens with zero attached hydrogens (tertiary/aromatic N) is 3. The second-order valence-corrected chi connectivity index (χ2v) is 8.62. The van der Waals surface area contributed by atoms with Crippen molar-refractivity contribution in [3.63, 3.8) is 0 Å². The number of esters is 1. The third kappa shape index (κ3) is 3.88. The standard InChI is InChI=1S/C20H27F3N4O3/c1-3-30-19(29)14-9-24-27-16(20(21,22)23)8-15(25-17(14)27)12-5-4-6-26(10-12)18(28)13-7-11(13)2/h9,11-13,15-16,25H,3-8,10H2,1-2H3/t11-,12-,13-,15-,16+/m0/s1. The Balaban J connectivity index is 1.57. The van der Waals surface area contributed by atoms with Crippen molar-refractivity contribution < 1.29 is 27.5 Å². The Kier molecular flexibility index (Phi) is 5.44. The first-order valence-corrected chi connectivity index (χ1v) is 10.6.